The van der Waals surface area contributed by atoms with E-state index < -0.39 is 0 Å². The molecule has 0 atom stereocenters. The molecule has 0 aromatic heterocycles. The summed E-state index contributed by atoms with van der Waals surface area (Å²) in [5, 5.41) is 0. The molecule has 0 aliphatic carbocycles. The zero-order chi connectivity index (χ0) is 10.1. The molecule has 1 saturated heterocycles. The van der Waals surface area contributed by atoms with Crippen molar-refractivity contribution < 1.29 is 4.79 Å². The highest BCUT2D eigenvalue weighted by atomic mass is 16.2. The van der Waals surface area contributed by atoms with E-state index in [1.54, 1.807) is 0 Å². The summed E-state index contributed by atoms with van der Waals surface area (Å²) in [6.45, 7) is 8.05. The quantitative estimate of drug-likeness (QED) is 0.564. The predicted molar refractivity (Wildman–Crippen MR) is 53.7 cm³/mol. The Morgan fingerprint density at radius 3 is 2.23 bits per heavy atom. The highest BCUT2D eigenvalue weighted by Gasteiger charge is 2.29. The van der Waals surface area contributed by atoms with Crippen LogP contribution < -0.4 is 0 Å². The third-order valence-corrected chi connectivity index (χ3v) is 2.49. The van der Waals surface area contributed by atoms with Crippen LogP contribution in [-0.4, -0.2) is 41.5 Å². The Kier molecular flexibility index (Phi) is 2.84. The summed E-state index contributed by atoms with van der Waals surface area (Å²) in [4.78, 5) is 15.6. The summed E-state index contributed by atoms with van der Waals surface area (Å²) in [5.74, 6) is 0. The van der Waals surface area contributed by atoms with Crippen LogP contribution in [-0.2, 0) is 0 Å². The zero-order valence-corrected chi connectivity index (χ0v) is 9.13. The Labute approximate surface area is 80.7 Å². The Morgan fingerprint density at radius 1 is 1.15 bits per heavy atom. The number of carbonyl (C=O) groups is 1. The smallest absolute Gasteiger partial charge is 0.320 e. The van der Waals surface area contributed by atoms with Gasteiger partial charge in [-0.1, -0.05) is 0 Å². The van der Waals surface area contributed by atoms with E-state index in [4.69, 9.17) is 0 Å². The van der Waals surface area contributed by atoms with Gasteiger partial charge in [0.1, 0.15) is 0 Å². The molecular formula is C10H20N2O. The van der Waals surface area contributed by atoms with Gasteiger partial charge in [-0.05, 0) is 33.6 Å². The van der Waals surface area contributed by atoms with Gasteiger partial charge in [-0.3, -0.25) is 0 Å². The lowest BCUT2D eigenvalue weighted by Crippen LogP contribution is -2.49. The van der Waals surface area contributed by atoms with Crippen LogP contribution in [0.25, 0.3) is 0 Å². The molecule has 0 aromatic rings. The van der Waals surface area contributed by atoms with Crippen molar-refractivity contribution in [1.82, 2.24) is 9.80 Å². The molecule has 13 heavy (non-hydrogen) atoms. The largest absolute Gasteiger partial charge is 0.328 e. The van der Waals surface area contributed by atoms with Gasteiger partial charge in [0, 0.05) is 25.7 Å². The summed E-state index contributed by atoms with van der Waals surface area (Å²) < 4.78 is 0. The van der Waals surface area contributed by atoms with Crippen molar-refractivity contribution in [3.8, 4) is 0 Å². The summed E-state index contributed by atoms with van der Waals surface area (Å²) >= 11 is 0. The number of amides is 2. The Morgan fingerprint density at radius 2 is 1.69 bits per heavy atom. The minimum Gasteiger partial charge on any atom is -0.328 e. The van der Waals surface area contributed by atoms with Crippen molar-refractivity contribution in [3.05, 3.63) is 0 Å². The van der Waals surface area contributed by atoms with Crippen LogP contribution >= 0.6 is 0 Å². The first-order valence-corrected chi connectivity index (χ1v) is 4.95. The second-order valence-corrected chi connectivity index (χ2v) is 4.73. The summed E-state index contributed by atoms with van der Waals surface area (Å²) in [6, 6.07) is 0.171. The molecule has 3 heteroatoms. The van der Waals surface area contributed by atoms with E-state index in [0.717, 1.165) is 25.9 Å². The molecule has 0 saturated carbocycles. The third-order valence-electron chi connectivity index (χ3n) is 2.49. The van der Waals surface area contributed by atoms with Gasteiger partial charge in [-0.15, -0.1) is 0 Å². The molecule has 0 N–H and O–H groups in total. The first-order chi connectivity index (χ1) is 5.93. The Hall–Kier alpha value is -0.730. The molecule has 1 aliphatic heterocycles. The zero-order valence-electron chi connectivity index (χ0n) is 9.13. The monoisotopic (exact) mass is 184 g/mol. The van der Waals surface area contributed by atoms with Crippen molar-refractivity contribution in [3.63, 3.8) is 0 Å². The molecule has 0 spiro atoms. The molecule has 3 nitrogen and oxygen atoms in total. The van der Waals surface area contributed by atoms with E-state index >= 15 is 0 Å². The number of carbonyl (C=O) groups excluding carboxylic acids is 1. The number of hydrogen-bond acceptors (Lipinski definition) is 1. The first-order valence-electron chi connectivity index (χ1n) is 4.95. The number of nitrogens with zero attached hydrogens (tertiary/aromatic N) is 2. The maximum absolute atomic E-state index is 11.8. The number of hydrogen-bond donors (Lipinski definition) is 0. The molecule has 0 radical (unpaired) electrons. The predicted octanol–water partition coefficient (Wildman–Crippen LogP) is 1.93. The fourth-order valence-electron chi connectivity index (χ4n) is 1.64. The van der Waals surface area contributed by atoms with Crippen LogP contribution in [0.4, 0.5) is 4.79 Å². The van der Waals surface area contributed by atoms with Crippen LogP contribution in [0.5, 0.6) is 0 Å². The summed E-state index contributed by atoms with van der Waals surface area (Å²) in [5.41, 5.74) is -0.0459. The average molecular weight is 184 g/mol. The third kappa shape index (κ3) is 2.36. The van der Waals surface area contributed by atoms with Crippen LogP contribution in [0.15, 0.2) is 0 Å². The summed E-state index contributed by atoms with van der Waals surface area (Å²) in [7, 11) is 1.88. The lowest BCUT2D eigenvalue weighted by molar-refractivity contribution is 0.127. The Bertz CT molecular complexity index is 196. The van der Waals surface area contributed by atoms with Crippen molar-refractivity contribution in [2.75, 3.05) is 20.1 Å². The number of rotatable bonds is 0. The standard InChI is InChI=1S/C10H20N2O/c1-10(2,3)12-8-6-5-7-11(4)9(12)13/h5-8H2,1-4H3. The van der Waals surface area contributed by atoms with Gasteiger partial charge < -0.3 is 9.80 Å². The summed E-state index contributed by atoms with van der Waals surface area (Å²) in [6.07, 6.45) is 2.24. The van der Waals surface area contributed by atoms with Crippen molar-refractivity contribution in [1.29, 1.82) is 0 Å². The first kappa shape index (κ1) is 10.4. The molecule has 1 aliphatic rings. The lowest BCUT2D eigenvalue weighted by Gasteiger charge is -2.36. The second-order valence-electron chi connectivity index (χ2n) is 4.73. The van der Waals surface area contributed by atoms with E-state index in [0.29, 0.717) is 0 Å². The average Bonchev–Trinajstić information content (AvgIpc) is 2.14. The van der Waals surface area contributed by atoms with Crippen molar-refractivity contribution >= 4 is 6.03 Å². The molecule has 1 rings (SSSR count). The molecule has 76 valence electrons. The fourth-order valence-corrected chi connectivity index (χ4v) is 1.64. The minimum absolute atomic E-state index is 0.0459. The molecule has 2 amide bonds. The maximum atomic E-state index is 11.8. The maximum Gasteiger partial charge on any atom is 0.320 e. The van der Waals surface area contributed by atoms with Crippen LogP contribution in [0.2, 0.25) is 0 Å². The molecule has 0 unspecified atom stereocenters. The lowest BCUT2D eigenvalue weighted by atomic mass is 10.1. The normalized spacial score (nSPS) is 20.5. The number of urea groups is 1. The van der Waals surface area contributed by atoms with E-state index in [2.05, 4.69) is 20.8 Å². The van der Waals surface area contributed by atoms with Gasteiger partial charge in [0.15, 0.2) is 0 Å². The van der Waals surface area contributed by atoms with Gasteiger partial charge in [0.25, 0.3) is 0 Å². The van der Waals surface area contributed by atoms with Gasteiger partial charge in [0.05, 0.1) is 0 Å². The molecule has 0 aromatic carbocycles. The van der Waals surface area contributed by atoms with E-state index in [1.165, 1.54) is 0 Å². The molecule has 0 bridgehead atoms. The molecular weight excluding hydrogens is 164 g/mol. The minimum atomic E-state index is -0.0459. The Balaban J connectivity index is 2.76. The van der Waals surface area contributed by atoms with Crippen molar-refractivity contribution in [2.24, 2.45) is 0 Å². The fraction of sp³-hybridized carbons (Fsp3) is 0.900. The van der Waals surface area contributed by atoms with Gasteiger partial charge >= 0.3 is 6.03 Å². The highest BCUT2D eigenvalue weighted by molar-refractivity contribution is 5.75. The highest BCUT2D eigenvalue weighted by Crippen LogP contribution is 2.18. The van der Waals surface area contributed by atoms with Gasteiger partial charge in [0.2, 0.25) is 0 Å². The molecule has 1 fully saturated rings. The van der Waals surface area contributed by atoms with Gasteiger partial charge in [-0.2, -0.15) is 0 Å². The SMILES string of the molecule is CN1CCCCN(C(C)(C)C)C1=O. The molecule has 1 heterocycles. The van der Waals surface area contributed by atoms with Crippen molar-refractivity contribution in [2.45, 2.75) is 39.2 Å². The van der Waals surface area contributed by atoms with Crippen LogP contribution in [0.3, 0.4) is 0 Å². The van der Waals surface area contributed by atoms with E-state index in [1.807, 2.05) is 16.8 Å². The van der Waals surface area contributed by atoms with E-state index in [-0.39, 0.29) is 11.6 Å². The topological polar surface area (TPSA) is 23.6 Å². The second kappa shape index (κ2) is 3.56. The van der Waals surface area contributed by atoms with E-state index in [9.17, 15) is 4.79 Å². The van der Waals surface area contributed by atoms with Gasteiger partial charge in [-0.25, -0.2) is 4.79 Å². The van der Waals surface area contributed by atoms with Crippen LogP contribution in [0, 0.1) is 0 Å². The van der Waals surface area contributed by atoms with Crippen LogP contribution in [0.1, 0.15) is 33.6 Å².